The number of ether oxygens (including phenoxy) is 1. The van der Waals surface area contributed by atoms with E-state index in [2.05, 4.69) is 11.7 Å². The lowest BCUT2D eigenvalue weighted by molar-refractivity contribution is -0.135. The molecule has 3 N–H and O–H groups in total. The number of hydrazone groups is 1. The number of sulfonamides is 1. The van der Waals surface area contributed by atoms with Crippen molar-refractivity contribution in [3.8, 4) is 5.75 Å². The van der Waals surface area contributed by atoms with Gasteiger partial charge in [0.25, 0.3) is 0 Å². The maximum Gasteiger partial charge on any atom is 0.309 e. The molecule has 0 aliphatic carbocycles. The van der Waals surface area contributed by atoms with Gasteiger partial charge in [0.1, 0.15) is 10.6 Å². The molecule has 33 heavy (non-hydrogen) atoms. The third kappa shape index (κ3) is 5.63. The summed E-state index contributed by atoms with van der Waals surface area (Å²) in [6, 6.07) is 4.33. The molecule has 0 bridgehead atoms. The zero-order valence-corrected chi connectivity index (χ0v) is 19.7. The molecule has 2 heterocycles. The number of carboxylic acid groups (broad SMARTS) is 1. The smallest absolute Gasteiger partial charge is 0.309 e. The second-order valence-electron chi connectivity index (χ2n) is 8.05. The molecule has 2 aliphatic heterocycles. The predicted octanol–water partition coefficient (Wildman–Crippen LogP) is 2.49. The number of aliphatic carboxylic acids is 1. The lowest BCUT2D eigenvalue weighted by Crippen LogP contribution is -2.38. The Hall–Kier alpha value is -3.11. The van der Waals surface area contributed by atoms with Crippen molar-refractivity contribution in [3.63, 3.8) is 0 Å². The third-order valence-electron chi connectivity index (χ3n) is 5.61. The maximum absolute atomic E-state index is 13.4. The quantitative estimate of drug-likeness (QED) is 0.582. The first-order chi connectivity index (χ1) is 15.6. The number of allylic oxidation sites excluding steroid dienone is 4. The first kappa shape index (κ1) is 24.5. The molecule has 2 atom stereocenters. The number of benzene rings is 1. The topological polar surface area (TPSA) is 126 Å². The molecular weight excluding hydrogens is 444 g/mol. The van der Waals surface area contributed by atoms with Gasteiger partial charge in [0, 0.05) is 19.2 Å². The highest BCUT2D eigenvalue weighted by Crippen LogP contribution is 2.32. The first-order valence-electron chi connectivity index (χ1n) is 10.7. The minimum atomic E-state index is -3.84. The highest BCUT2D eigenvalue weighted by Gasteiger charge is 2.40. The molecule has 0 saturated carbocycles. The molecule has 10 heteroatoms. The largest absolute Gasteiger partial charge is 0.494 e. The molecule has 1 fully saturated rings. The van der Waals surface area contributed by atoms with Crippen molar-refractivity contribution in [1.82, 2.24) is 9.31 Å². The molecule has 0 amide bonds. The van der Waals surface area contributed by atoms with Gasteiger partial charge in [0.15, 0.2) is 0 Å². The van der Waals surface area contributed by atoms with E-state index in [0.29, 0.717) is 36.7 Å². The summed E-state index contributed by atoms with van der Waals surface area (Å²) in [5, 5.41) is 15.6. The van der Waals surface area contributed by atoms with Crippen LogP contribution in [0.3, 0.4) is 0 Å². The fourth-order valence-electron chi connectivity index (χ4n) is 3.92. The molecule has 1 aromatic carbocycles. The van der Waals surface area contributed by atoms with Crippen LogP contribution in [0, 0.1) is 5.92 Å². The molecule has 0 unspecified atom stereocenters. The van der Waals surface area contributed by atoms with Gasteiger partial charge in [-0.2, -0.15) is 9.41 Å². The number of hydrogen-bond acceptors (Lipinski definition) is 7. The fraction of sp³-hybridized carbons (Fsp3) is 0.391. The van der Waals surface area contributed by atoms with Gasteiger partial charge in [-0.1, -0.05) is 37.8 Å². The Labute approximate surface area is 194 Å². The zero-order valence-electron chi connectivity index (χ0n) is 18.8. The van der Waals surface area contributed by atoms with Crippen molar-refractivity contribution < 1.29 is 23.1 Å². The fourth-order valence-corrected chi connectivity index (χ4v) is 5.58. The van der Waals surface area contributed by atoms with E-state index in [1.165, 1.54) is 16.4 Å². The summed E-state index contributed by atoms with van der Waals surface area (Å²) in [5.41, 5.74) is 7.03. The molecule has 1 aromatic rings. The summed E-state index contributed by atoms with van der Waals surface area (Å²) >= 11 is 0. The molecule has 1 saturated heterocycles. The zero-order chi connectivity index (χ0) is 24.2. The van der Waals surface area contributed by atoms with Crippen LogP contribution in [-0.4, -0.2) is 66.8 Å². The minimum Gasteiger partial charge on any atom is -0.494 e. The van der Waals surface area contributed by atoms with Gasteiger partial charge in [-0.05, 0) is 30.5 Å². The van der Waals surface area contributed by atoms with E-state index < -0.39 is 16.0 Å². The van der Waals surface area contributed by atoms with Crippen molar-refractivity contribution in [1.29, 1.82) is 0 Å². The van der Waals surface area contributed by atoms with E-state index in [-0.39, 0.29) is 35.5 Å². The lowest BCUT2D eigenvalue weighted by Gasteiger charge is -2.28. The second kappa shape index (κ2) is 10.2. The Balaban J connectivity index is 1.88. The number of hydrogen-bond donors (Lipinski definition) is 2. The molecular formula is C23H30N4O5S. The standard InChI is InChI=1S/C23H30N4O5S/c1-4-32-18-9-10-22(19(24)12-18)33(30,31)26-14-17(3)21(15-26)27-11-7-5-6-8-16(2)20(25-27)13-23(28)29/h5-10,12,17,21H,2,4,11,13-15,24H2,1,3H3,(H,28,29)/b7-5-,8-6-,25-20-/t17-,21+/m1/s1. The van der Waals surface area contributed by atoms with Gasteiger partial charge in [-0.15, -0.1) is 0 Å². The molecule has 2 aliphatic rings. The van der Waals surface area contributed by atoms with Crippen LogP contribution >= 0.6 is 0 Å². The van der Waals surface area contributed by atoms with Crippen molar-refractivity contribution in [3.05, 3.63) is 54.7 Å². The Kier molecular flexibility index (Phi) is 7.60. The van der Waals surface area contributed by atoms with Crippen molar-refractivity contribution in [2.45, 2.75) is 31.2 Å². The number of anilines is 1. The summed E-state index contributed by atoms with van der Waals surface area (Å²) in [6.07, 6.45) is 6.96. The number of rotatable bonds is 7. The van der Waals surface area contributed by atoms with E-state index in [1.54, 1.807) is 23.2 Å². The summed E-state index contributed by atoms with van der Waals surface area (Å²) < 4.78 is 33.6. The highest BCUT2D eigenvalue weighted by molar-refractivity contribution is 7.89. The SMILES string of the molecule is C=C1/C=C\C=C/CN([C@H]2CN(S(=O)(=O)c3ccc(OCC)cc3N)C[C@H]2C)/N=C\1CC(=O)O. The molecule has 3 rings (SSSR count). The van der Waals surface area contributed by atoms with Crippen molar-refractivity contribution in [2.75, 3.05) is 32.0 Å². The average Bonchev–Trinajstić information content (AvgIpc) is 3.16. The normalized spacial score (nSPS) is 25.5. The van der Waals surface area contributed by atoms with Crippen LogP contribution in [0.2, 0.25) is 0 Å². The Bertz CT molecular complexity index is 1110. The predicted molar refractivity (Wildman–Crippen MR) is 128 cm³/mol. The minimum absolute atomic E-state index is 0.0378. The van der Waals surface area contributed by atoms with Gasteiger partial charge in [0.05, 0.1) is 37.0 Å². The number of nitrogens with zero attached hydrogens (tertiary/aromatic N) is 3. The van der Waals surface area contributed by atoms with Gasteiger partial charge in [0.2, 0.25) is 10.0 Å². The Morgan fingerprint density at radius 1 is 1.33 bits per heavy atom. The number of carbonyl (C=O) groups is 1. The van der Waals surface area contributed by atoms with E-state index in [1.807, 2.05) is 26.0 Å². The van der Waals surface area contributed by atoms with Gasteiger partial charge < -0.3 is 15.6 Å². The van der Waals surface area contributed by atoms with Crippen LogP contribution in [0.5, 0.6) is 5.75 Å². The van der Waals surface area contributed by atoms with Crippen LogP contribution in [0.1, 0.15) is 20.3 Å². The Morgan fingerprint density at radius 2 is 2.09 bits per heavy atom. The summed E-state index contributed by atoms with van der Waals surface area (Å²) in [4.78, 5) is 11.4. The summed E-state index contributed by atoms with van der Waals surface area (Å²) in [7, 11) is -3.84. The van der Waals surface area contributed by atoms with E-state index in [0.717, 1.165) is 0 Å². The third-order valence-corrected chi connectivity index (χ3v) is 7.51. The van der Waals surface area contributed by atoms with Crippen molar-refractivity contribution >= 4 is 27.4 Å². The highest BCUT2D eigenvalue weighted by atomic mass is 32.2. The summed E-state index contributed by atoms with van der Waals surface area (Å²) in [5.74, 6) is -0.543. The average molecular weight is 475 g/mol. The molecule has 0 aromatic heterocycles. The van der Waals surface area contributed by atoms with E-state index >= 15 is 0 Å². The molecule has 178 valence electrons. The van der Waals surface area contributed by atoms with Gasteiger partial charge in [-0.25, -0.2) is 8.42 Å². The van der Waals surface area contributed by atoms with Crippen molar-refractivity contribution in [2.24, 2.45) is 11.0 Å². The van der Waals surface area contributed by atoms with Crippen LogP contribution in [0.15, 0.2) is 64.7 Å². The molecule has 0 radical (unpaired) electrons. The van der Waals surface area contributed by atoms with Crippen LogP contribution in [0.25, 0.3) is 0 Å². The number of nitrogens with two attached hydrogens (primary N) is 1. The second-order valence-corrected chi connectivity index (χ2v) is 9.96. The Morgan fingerprint density at radius 3 is 2.76 bits per heavy atom. The molecule has 0 spiro atoms. The van der Waals surface area contributed by atoms with E-state index in [9.17, 15) is 18.3 Å². The number of nitrogen functional groups attached to an aromatic ring is 1. The van der Waals surface area contributed by atoms with Crippen LogP contribution in [-0.2, 0) is 14.8 Å². The molecule has 9 nitrogen and oxygen atoms in total. The lowest BCUT2D eigenvalue weighted by atomic mass is 10.1. The summed E-state index contributed by atoms with van der Waals surface area (Å²) in [6.45, 7) is 9.08. The van der Waals surface area contributed by atoms with Crippen LogP contribution in [0.4, 0.5) is 5.69 Å². The maximum atomic E-state index is 13.4. The van der Waals surface area contributed by atoms with E-state index in [4.69, 9.17) is 10.5 Å². The van der Waals surface area contributed by atoms with Gasteiger partial charge in [-0.3, -0.25) is 9.80 Å². The van der Waals surface area contributed by atoms with Crippen LogP contribution < -0.4 is 10.5 Å². The monoisotopic (exact) mass is 474 g/mol. The number of carboxylic acids is 1. The first-order valence-corrected chi connectivity index (χ1v) is 12.2. The van der Waals surface area contributed by atoms with Gasteiger partial charge >= 0.3 is 5.97 Å².